The van der Waals surface area contributed by atoms with Crippen molar-refractivity contribution in [1.82, 2.24) is 0 Å². The van der Waals surface area contributed by atoms with Crippen LogP contribution in [-0.2, 0) is 11.2 Å². The van der Waals surface area contributed by atoms with E-state index in [1.165, 1.54) is 23.1 Å². The largest absolute Gasteiger partial charge is 0.409 e. The fraction of sp³-hybridized carbons (Fsp3) is 0.238. The van der Waals surface area contributed by atoms with E-state index >= 15 is 0 Å². The normalized spacial score (nSPS) is 13.6. The Balaban J connectivity index is 1.77. The van der Waals surface area contributed by atoms with Crippen LogP contribution in [0.5, 0.6) is 0 Å². The van der Waals surface area contributed by atoms with E-state index in [2.05, 4.69) is 5.32 Å². The van der Waals surface area contributed by atoms with Gasteiger partial charge in [0.1, 0.15) is 6.61 Å². The first-order chi connectivity index (χ1) is 13.7. The monoisotopic (exact) mass is 404 g/mol. The minimum atomic E-state index is -4.40. The molecule has 0 atom stereocenters. The molecule has 1 heterocycles. The highest BCUT2D eigenvalue weighted by Crippen LogP contribution is 2.31. The topological polar surface area (TPSA) is 69.6 Å². The first-order valence-corrected chi connectivity index (χ1v) is 8.90. The standard InChI is InChI=1S/C21H19F3N2O3/c1-13-10-14(6-8-21(22,23)24)2-5-17(13)20(29)25-16-4-3-15-7-9-26(18(15)11-16)19(28)12-27/h2-6,8,10-11,27H,7,9,12H2,1H3,(H,25,29)/b8-6+. The first kappa shape index (κ1) is 20.6. The first-order valence-electron chi connectivity index (χ1n) is 8.90. The van der Waals surface area contributed by atoms with Crippen LogP contribution in [0.4, 0.5) is 24.5 Å². The van der Waals surface area contributed by atoms with Gasteiger partial charge in [-0.25, -0.2) is 0 Å². The Morgan fingerprint density at radius 2 is 1.97 bits per heavy atom. The van der Waals surface area contributed by atoms with E-state index in [1.807, 2.05) is 6.07 Å². The number of anilines is 2. The molecular weight excluding hydrogens is 385 g/mol. The van der Waals surface area contributed by atoms with Crippen molar-refractivity contribution in [2.24, 2.45) is 0 Å². The Morgan fingerprint density at radius 1 is 1.21 bits per heavy atom. The molecule has 0 bridgehead atoms. The fourth-order valence-electron chi connectivity index (χ4n) is 3.24. The number of carbonyl (C=O) groups excluding carboxylic acids is 2. The average molecular weight is 404 g/mol. The predicted molar refractivity (Wildman–Crippen MR) is 104 cm³/mol. The number of aliphatic hydroxyl groups is 1. The van der Waals surface area contributed by atoms with Gasteiger partial charge in [-0.3, -0.25) is 9.59 Å². The SMILES string of the molecule is Cc1cc(/C=C/C(F)(F)F)ccc1C(=O)Nc1ccc2c(c1)N(C(=O)CO)CC2. The van der Waals surface area contributed by atoms with Crippen LogP contribution >= 0.6 is 0 Å². The molecule has 29 heavy (non-hydrogen) atoms. The Hall–Kier alpha value is -3.13. The van der Waals surface area contributed by atoms with Crippen molar-refractivity contribution >= 4 is 29.3 Å². The minimum absolute atomic E-state index is 0.144. The van der Waals surface area contributed by atoms with Crippen LogP contribution in [0, 0.1) is 6.92 Å². The third-order valence-corrected chi connectivity index (χ3v) is 4.63. The van der Waals surface area contributed by atoms with Gasteiger partial charge >= 0.3 is 6.18 Å². The summed E-state index contributed by atoms with van der Waals surface area (Å²) in [4.78, 5) is 25.9. The molecule has 2 aromatic carbocycles. The molecule has 0 aliphatic carbocycles. The number of fused-ring (bicyclic) bond motifs is 1. The number of halogens is 3. The molecule has 2 aromatic rings. The molecule has 3 rings (SSSR count). The molecule has 0 saturated carbocycles. The number of amides is 2. The number of nitrogens with one attached hydrogen (secondary N) is 1. The van der Waals surface area contributed by atoms with Crippen LogP contribution in [0.1, 0.15) is 27.0 Å². The van der Waals surface area contributed by atoms with Crippen molar-refractivity contribution in [2.45, 2.75) is 19.5 Å². The van der Waals surface area contributed by atoms with Crippen molar-refractivity contribution in [3.05, 3.63) is 64.7 Å². The number of hydrogen-bond donors (Lipinski definition) is 2. The maximum Gasteiger partial charge on any atom is 0.409 e. The molecule has 0 aromatic heterocycles. The lowest BCUT2D eigenvalue weighted by Gasteiger charge is -2.17. The second kappa shape index (κ2) is 8.08. The van der Waals surface area contributed by atoms with Gasteiger partial charge in [0.05, 0.1) is 0 Å². The number of allylic oxidation sites excluding steroid dienone is 1. The number of nitrogens with zero attached hydrogens (tertiary/aromatic N) is 1. The summed E-state index contributed by atoms with van der Waals surface area (Å²) in [5.41, 5.74) is 3.27. The Labute approximate surface area is 165 Å². The number of carbonyl (C=O) groups is 2. The zero-order chi connectivity index (χ0) is 21.2. The molecular formula is C21H19F3N2O3. The third-order valence-electron chi connectivity index (χ3n) is 4.63. The molecule has 1 aliphatic heterocycles. The molecule has 0 saturated heterocycles. The average Bonchev–Trinajstić information content (AvgIpc) is 3.08. The van der Waals surface area contributed by atoms with Gasteiger partial charge in [-0.2, -0.15) is 13.2 Å². The second-order valence-electron chi connectivity index (χ2n) is 6.70. The van der Waals surface area contributed by atoms with E-state index < -0.39 is 24.6 Å². The summed E-state index contributed by atoms with van der Waals surface area (Å²) in [6, 6.07) is 9.61. The zero-order valence-electron chi connectivity index (χ0n) is 15.6. The van der Waals surface area contributed by atoms with E-state index in [4.69, 9.17) is 5.11 Å². The maximum absolute atomic E-state index is 12.6. The van der Waals surface area contributed by atoms with Crippen molar-refractivity contribution in [2.75, 3.05) is 23.4 Å². The van der Waals surface area contributed by atoms with Gasteiger partial charge in [-0.15, -0.1) is 0 Å². The predicted octanol–water partition coefficient (Wildman–Crippen LogP) is 3.70. The highest BCUT2D eigenvalue weighted by Gasteiger charge is 2.25. The van der Waals surface area contributed by atoms with Crippen LogP contribution < -0.4 is 10.2 Å². The van der Waals surface area contributed by atoms with E-state index in [1.54, 1.807) is 19.1 Å². The van der Waals surface area contributed by atoms with Gasteiger partial charge in [0.2, 0.25) is 0 Å². The summed E-state index contributed by atoms with van der Waals surface area (Å²) in [5, 5.41) is 11.8. The minimum Gasteiger partial charge on any atom is -0.387 e. The maximum atomic E-state index is 12.6. The third kappa shape index (κ3) is 4.83. The molecule has 2 N–H and O–H groups in total. The van der Waals surface area contributed by atoms with Crippen molar-refractivity contribution < 1.29 is 27.9 Å². The van der Waals surface area contributed by atoms with E-state index in [0.29, 0.717) is 41.0 Å². The van der Waals surface area contributed by atoms with Crippen molar-refractivity contribution in [3.8, 4) is 0 Å². The summed E-state index contributed by atoms with van der Waals surface area (Å²) < 4.78 is 36.9. The van der Waals surface area contributed by atoms with Crippen LogP contribution in [0.15, 0.2) is 42.5 Å². The summed E-state index contributed by atoms with van der Waals surface area (Å²) in [5.74, 6) is -0.822. The second-order valence-corrected chi connectivity index (χ2v) is 6.70. The molecule has 0 unspecified atom stereocenters. The van der Waals surface area contributed by atoms with Crippen LogP contribution in [0.3, 0.4) is 0 Å². The summed E-state index contributed by atoms with van der Waals surface area (Å²) in [7, 11) is 0. The number of hydrogen-bond acceptors (Lipinski definition) is 3. The number of aliphatic hydroxyl groups excluding tert-OH is 1. The Bertz CT molecular complexity index is 984. The lowest BCUT2D eigenvalue weighted by atomic mass is 10.0. The molecule has 8 heteroatoms. The van der Waals surface area contributed by atoms with Gasteiger partial charge in [0.15, 0.2) is 0 Å². The number of rotatable bonds is 4. The van der Waals surface area contributed by atoms with E-state index in [9.17, 15) is 22.8 Å². The molecule has 152 valence electrons. The zero-order valence-corrected chi connectivity index (χ0v) is 15.6. The van der Waals surface area contributed by atoms with Crippen molar-refractivity contribution in [1.29, 1.82) is 0 Å². The van der Waals surface area contributed by atoms with Gasteiger partial charge in [-0.05, 0) is 48.2 Å². The molecule has 0 spiro atoms. The smallest absolute Gasteiger partial charge is 0.387 e. The number of alkyl halides is 3. The van der Waals surface area contributed by atoms with Gasteiger partial charge in [0.25, 0.3) is 11.8 Å². The van der Waals surface area contributed by atoms with Crippen LogP contribution in [0.25, 0.3) is 6.08 Å². The van der Waals surface area contributed by atoms with E-state index in [0.717, 1.165) is 11.6 Å². The lowest BCUT2D eigenvalue weighted by molar-refractivity contribution is -0.121. The summed E-state index contributed by atoms with van der Waals surface area (Å²) >= 11 is 0. The van der Waals surface area contributed by atoms with Crippen molar-refractivity contribution in [3.63, 3.8) is 0 Å². The van der Waals surface area contributed by atoms with Crippen LogP contribution in [0.2, 0.25) is 0 Å². The summed E-state index contributed by atoms with van der Waals surface area (Å²) in [6.45, 7) is 1.52. The highest BCUT2D eigenvalue weighted by molar-refractivity contribution is 6.06. The molecule has 1 aliphatic rings. The van der Waals surface area contributed by atoms with Gasteiger partial charge in [0, 0.05) is 29.6 Å². The van der Waals surface area contributed by atoms with Gasteiger partial charge in [-0.1, -0.05) is 24.3 Å². The fourth-order valence-corrected chi connectivity index (χ4v) is 3.24. The Kier molecular flexibility index (Phi) is 5.74. The number of benzene rings is 2. The Morgan fingerprint density at radius 3 is 2.62 bits per heavy atom. The molecule has 0 radical (unpaired) electrons. The number of aryl methyl sites for hydroxylation is 1. The molecule has 5 nitrogen and oxygen atoms in total. The molecule has 0 fully saturated rings. The lowest BCUT2D eigenvalue weighted by Crippen LogP contribution is -2.31. The van der Waals surface area contributed by atoms with Crippen LogP contribution in [-0.4, -0.2) is 36.2 Å². The van der Waals surface area contributed by atoms with Gasteiger partial charge < -0.3 is 15.3 Å². The summed E-state index contributed by atoms with van der Waals surface area (Å²) in [6.07, 6.45) is -2.64. The van der Waals surface area contributed by atoms with E-state index in [-0.39, 0.29) is 6.08 Å². The highest BCUT2D eigenvalue weighted by atomic mass is 19.4. The molecule has 2 amide bonds. The quantitative estimate of drug-likeness (QED) is 0.816.